The fourth-order valence-corrected chi connectivity index (χ4v) is 2.98. The van der Waals surface area contributed by atoms with E-state index in [1.165, 1.54) is 10.6 Å². The minimum atomic E-state index is -0.290. The summed E-state index contributed by atoms with van der Waals surface area (Å²) in [6.45, 7) is 0. The maximum atomic E-state index is 12.5. The number of carbonyl (C=O) groups is 1. The number of aliphatic hydroxyl groups is 1. The Hall–Kier alpha value is -2.47. The lowest BCUT2D eigenvalue weighted by Gasteiger charge is -2.38. The average Bonchev–Trinajstić information content (AvgIpc) is 2.55. The Kier molecular flexibility index (Phi) is 4.76. The molecular weight excluding hydrogens is 306 g/mol. The molecule has 1 fully saturated rings. The summed E-state index contributed by atoms with van der Waals surface area (Å²) in [6, 6.07) is 8.54. The van der Waals surface area contributed by atoms with Crippen molar-refractivity contribution in [3.8, 4) is 0 Å². The number of nitrogens with one attached hydrogen (secondary N) is 1. The molecule has 2 aromatic heterocycles. The summed E-state index contributed by atoms with van der Waals surface area (Å²) in [4.78, 5) is 28.5. The van der Waals surface area contributed by atoms with Gasteiger partial charge in [-0.2, -0.15) is 0 Å². The highest BCUT2D eigenvalue weighted by molar-refractivity contribution is 5.94. The van der Waals surface area contributed by atoms with Crippen molar-refractivity contribution in [1.82, 2.24) is 14.9 Å². The van der Waals surface area contributed by atoms with Crippen LogP contribution in [0, 0.1) is 5.92 Å². The van der Waals surface area contributed by atoms with Gasteiger partial charge in [0.25, 0.3) is 11.5 Å². The number of aliphatic hydroxyl groups excluding tert-OH is 1. The zero-order valence-electron chi connectivity index (χ0n) is 13.6. The molecule has 24 heavy (non-hydrogen) atoms. The smallest absolute Gasteiger partial charge is 0.251 e. The molecule has 2 heterocycles. The zero-order valence-corrected chi connectivity index (χ0v) is 13.6. The molecule has 0 aromatic carbocycles. The summed E-state index contributed by atoms with van der Waals surface area (Å²) >= 11 is 0. The second-order valence-corrected chi connectivity index (χ2v) is 6.36. The standard InChI is InChI=1S/C18H21N3O3/c1-21-7-5-12(10-17(21)23)18(24)20-16(13-8-15(22)9-13)11-14-4-2-3-6-19-14/h2-7,10,13,15-16,22H,8-9,11H2,1H3,(H,20,24). The van der Waals surface area contributed by atoms with E-state index >= 15 is 0 Å². The van der Waals surface area contributed by atoms with Gasteiger partial charge in [-0.3, -0.25) is 14.6 Å². The van der Waals surface area contributed by atoms with Gasteiger partial charge in [-0.25, -0.2) is 0 Å². The topological polar surface area (TPSA) is 84.2 Å². The van der Waals surface area contributed by atoms with Crippen molar-refractivity contribution in [3.05, 3.63) is 64.3 Å². The number of aryl methyl sites for hydroxylation is 1. The summed E-state index contributed by atoms with van der Waals surface area (Å²) < 4.78 is 1.42. The predicted octanol–water partition coefficient (Wildman–Crippen LogP) is 0.892. The average molecular weight is 327 g/mol. The number of carbonyl (C=O) groups excluding carboxylic acids is 1. The maximum absolute atomic E-state index is 12.5. The number of nitrogens with zero attached hydrogens (tertiary/aromatic N) is 2. The Morgan fingerprint density at radius 1 is 1.42 bits per heavy atom. The van der Waals surface area contributed by atoms with Crippen molar-refractivity contribution in [2.24, 2.45) is 13.0 Å². The lowest BCUT2D eigenvalue weighted by Crippen LogP contribution is -2.48. The molecule has 1 amide bonds. The summed E-state index contributed by atoms with van der Waals surface area (Å²) in [5, 5.41) is 12.6. The molecule has 0 bridgehead atoms. The lowest BCUT2D eigenvalue weighted by atomic mass is 9.76. The van der Waals surface area contributed by atoms with Crippen molar-refractivity contribution >= 4 is 5.91 Å². The molecule has 1 atom stereocenters. The van der Waals surface area contributed by atoms with Gasteiger partial charge in [-0.1, -0.05) is 6.07 Å². The second kappa shape index (κ2) is 6.97. The third-order valence-electron chi connectivity index (χ3n) is 4.56. The van der Waals surface area contributed by atoms with Crippen LogP contribution in [0.1, 0.15) is 28.9 Å². The third kappa shape index (κ3) is 3.71. The predicted molar refractivity (Wildman–Crippen MR) is 89.6 cm³/mol. The van der Waals surface area contributed by atoms with Crippen LogP contribution in [-0.2, 0) is 13.5 Å². The first kappa shape index (κ1) is 16.4. The van der Waals surface area contributed by atoms with E-state index in [1.54, 1.807) is 25.5 Å². The van der Waals surface area contributed by atoms with Crippen LogP contribution in [-0.4, -0.2) is 32.7 Å². The van der Waals surface area contributed by atoms with Crippen LogP contribution in [0.25, 0.3) is 0 Å². The summed E-state index contributed by atoms with van der Waals surface area (Å²) in [5.41, 5.74) is 1.03. The minimum absolute atomic E-state index is 0.111. The van der Waals surface area contributed by atoms with Crippen LogP contribution < -0.4 is 10.9 Å². The summed E-state index contributed by atoms with van der Waals surface area (Å²) in [5.74, 6) is -0.0486. The van der Waals surface area contributed by atoms with Crippen LogP contribution in [0.2, 0.25) is 0 Å². The van der Waals surface area contributed by atoms with Gasteiger partial charge in [0.15, 0.2) is 0 Å². The maximum Gasteiger partial charge on any atom is 0.251 e. The van der Waals surface area contributed by atoms with Crippen LogP contribution in [0.15, 0.2) is 47.5 Å². The Balaban J connectivity index is 1.74. The first-order valence-corrected chi connectivity index (χ1v) is 8.08. The molecule has 126 valence electrons. The van der Waals surface area contributed by atoms with E-state index in [9.17, 15) is 14.7 Å². The van der Waals surface area contributed by atoms with Gasteiger partial charge in [-0.15, -0.1) is 0 Å². The molecule has 1 aliphatic carbocycles. The number of amides is 1. The first-order chi connectivity index (χ1) is 11.5. The molecule has 0 aliphatic heterocycles. The number of rotatable bonds is 5. The largest absolute Gasteiger partial charge is 0.393 e. The van der Waals surface area contributed by atoms with E-state index in [-0.39, 0.29) is 29.5 Å². The van der Waals surface area contributed by atoms with Gasteiger partial charge in [0.1, 0.15) is 0 Å². The molecule has 0 spiro atoms. The van der Waals surface area contributed by atoms with E-state index in [4.69, 9.17) is 0 Å². The zero-order chi connectivity index (χ0) is 17.1. The van der Waals surface area contributed by atoms with Crippen LogP contribution >= 0.6 is 0 Å². The molecule has 0 saturated heterocycles. The molecule has 1 aliphatic rings. The van der Waals surface area contributed by atoms with Crippen molar-refractivity contribution in [1.29, 1.82) is 0 Å². The van der Waals surface area contributed by atoms with Crippen LogP contribution in [0.3, 0.4) is 0 Å². The lowest BCUT2D eigenvalue weighted by molar-refractivity contribution is 0.0238. The molecule has 0 radical (unpaired) electrons. The van der Waals surface area contributed by atoms with Crippen molar-refractivity contribution in [2.45, 2.75) is 31.4 Å². The fraction of sp³-hybridized carbons (Fsp3) is 0.389. The van der Waals surface area contributed by atoms with Gasteiger partial charge < -0.3 is 15.0 Å². The molecule has 1 saturated carbocycles. The number of hydrogen-bond acceptors (Lipinski definition) is 4. The third-order valence-corrected chi connectivity index (χ3v) is 4.56. The van der Waals surface area contributed by atoms with E-state index in [0.29, 0.717) is 24.8 Å². The Morgan fingerprint density at radius 3 is 2.83 bits per heavy atom. The van der Waals surface area contributed by atoms with Crippen molar-refractivity contribution < 1.29 is 9.90 Å². The monoisotopic (exact) mass is 327 g/mol. The summed E-state index contributed by atoms with van der Waals surface area (Å²) in [7, 11) is 1.64. The Labute approximate surface area is 140 Å². The van der Waals surface area contributed by atoms with E-state index in [2.05, 4.69) is 10.3 Å². The fourth-order valence-electron chi connectivity index (χ4n) is 2.98. The van der Waals surface area contributed by atoms with Crippen molar-refractivity contribution in [2.75, 3.05) is 0 Å². The molecule has 3 rings (SSSR count). The van der Waals surface area contributed by atoms with E-state index in [0.717, 1.165) is 5.69 Å². The Bertz CT molecular complexity index is 767. The van der Waals surface area contributed by atoms with Gasteiger partial charge in [-0.05, 0) is 37.0 Å². The molecular formula is C18H21N3O3. The van der Waals surface area contributed by atoms with E-state index < -0.39 is 0 Å². The van der Waals surface area contributed by atoms with E-state index in [1.807, 2.05) is 18.2 Å². The normalized spacial score (nSPS) is 20.9. The second-order valence-electron chi connectivity index (χ2n) is 6.36. The molecule has 2 aromatic rings. The molecule has 6 nitrogen and oxygen atoms in total. The highest BCUT2D eigenvalue weighted by Crippen LogP contribution is 2.31. The SMILES string of the molecule is Cn1ccc(C(=O)NC(Cc2ccccn2)C2CC(O)C2)cc1=O. The van der Waals surface area contributed by atoms with Crippen LogP contribution in [0.5, 0.6) is 0 Å². The molecule has 1 unspecified atom stereocenters. The number of aromatic nitrogens is 2. The van der Waals surface area contributed by atoms with Gasteiger partial charge in [0.05, 0.1) is 6.10 Å². The minimum Gasteiger partial charge on any atom is -0.393 e. The summed E-state index contributed by atoms with van der Waals surface area (Å²) in [6.07, 6.45) is 4.97. The number of pyridine rings is 2. The highest BCUT2D eigenvalue weighted by Gasteiger charge is 2.35. The van der Waals surface area contributed by atoms with Crippen LogP contribution in [0.4, 0.5) is 0 Å². The quantitative estimate of drug-likeness (QED) is 0.854. The van der Waals surface area contributed by atoms with Crippen molar-refractivity contribution in [3.63, 3.8) is 0 Å². The molecule has 6 heteroatoms. The van der Waals surface area contributed by atoms with Gasteiger partial charge in [0, 0.05) is 49.2 Å². The first-order valence-electron chi connectivity index (χ1n) is 8.08. The molecule has 2 N–H and O–H groups in total. The van der Waals surface area contributed by atoms with Gasteiger partial charge in [0.2, 0.25) is 0 Å². The highest BCUT2D eigenvalue weighted by atomic mass is 16.3. The number of hydrogen-bond donors (Lipinski definition) is 2. The van der Waals surface area contributed by atoms with Gasteiger partial charge >= 0.3 is 0 Å². The Morgan fingerprint density at radius 2 is 2.21 bits per heavy atom.